The maximum atomic E-state index is 9.93. The fourth-order valence-corrected chi connectivity index (χ4v) is 5.41. The van der Waals surface area contributed by atoms with Gasteiger partial charge in [0.05, 0.1) is 12.2 Å². The molecular formula is C11H16O2. The third kappa shape index (κ3) is 0.608. The summed E-state index contributed by atoms with van der Waals surface area (Å²) in [5.74, 6) is 4.07. The first-order valence-electron chi connectivity index (χ1n) is 5.63. The van der Waals surface area contributed by atoms with Gasteiger partial charge in [0.25, 0.3) is 0 Å². The number of hydrogen-bond acceptors (Lipinski definition) is 2. The predicted molar refractivity (Wildman–Crippen MR) is 46.8 cm³/mol. The third-order valence-corrected chi connectivity index (χ3v) is 5.54. The lowest BCUT2D eigenvalue weighted by Gasteiger charge is -2.27. The Hall–Kier alpha value is -0.0800. The van der Waals surface area contributed by atoms with Crippen LogP contribution in [0.25, 0.3) is 0 Å². The van der Waals surface area contributed by atoms with Crippen molar-refractivity contribution in [1.29, 1.82) is 0 Å². The van der Waals surface area contributed by atoms with Gasteiger partial charge >= 0.3 is 0 Å². The highest BCUT2D eigenvalue weighted by Crippen LogP contribution is 2.70. The van der Waals surface area contributed by atoms with E-state index in [4.69, 9.17) is 0 Å². The maximum absolute atomic E-state index is 9.93. The molecule has 2 N–H and O–H groups in total. The molecule has 0 saturated heterocycles. The van der Waals surface area contributed by atoms with Crippen molar-refractivity contribution in [1.82, 2.24) is 0 Å². The molecule has 0 aliphatic heterocycles. The van der Waals surface area contributed by atoms with Gasteiger partial charge in [0, 0.05) is 0 Å². The van der Waals surface area contributed by atoms with Crippen LogP contribution < -0.4 is 0 Å². The first-order chi connectivity index (χ1) is 6.27. The average molecular weight is 180 g/mol. The van der Waals surface area contributed by atoms with Gasteiger partial charge in [-0.3, -0.25) is 0 Å². The van der Waals surface area contributed by atoms with Crippen LogP contribution in [0, 0.1) is 35.5 Å². The Kier molecular flexibility index (Phi) is 1.09. The Bertz CT molecular complexity index is 235. The molecule has 13 heavy (non-hydrogen) atoms. The van der Waals surface area contributed by atoms with Crippen molar-refractivity contribution in [2.75, 3.05) is 0 Å². The van der Waals surface area contributed by atoms with Gasteiger partial charge in [-0.1, -0.05) is 0 Å². The molecule has 0 unspecified atom stereocenters. The predicted octanol–water partition coefficient (Wildman–Crippen LogP) is 0.630. The molecule has 2 bridgehead atoms. The Labute approximate surface area is 78.0 Å². The van der Waals surface area contributed by atoms with E-state index in [-0.39, 0.29) is 12.2 Å². The van der Waals surface area contributed by atoms with Gasteiger partial charge in [-0.2, -0.15) is 0 Å². The smallest absolute Gasteiger partial charge is 0.0577 e. The summed E-state index contributed by atoms with van der Waals surface area (Å²) < 4.78 is 0. The highest BCUT2D eigenvalue weighted by molar-refractivity contribution is 5.17. The molecule has 4 aliphatic rings. The van der Waals surface area contributed by atoms with Crippen LogP contribution in [0.5, 0.6) is 0 Å². The monoisotopic (exact) mass is 180 g/mol. The Balaban J connectivity index is 1.86. The first-order valence-corrected chi connectivity index (χ1v) is 5.63. The molecule has 4 fully saturated rings. The molecule has 0 aromatic heterocycles. The third-order valence-electron chi connectivity index (χ3n) is 5.54. The fraction of sp³-hybridized carbons (Fsp3) is 1.00. The van der Waals surface area contributed by atoms with E-state index >= 15 is 0 Å². The van der Waals surface area contributed by atoms with Crippen molar-refractivity contribution >= 4 is 0 Å². The van der Waals surface area contributed by atoms with Gasteiger partial charge < -0.3 is 10.2 Å². The highest BCUT2D eigenvalue weighted by Gasteiger charge is 2.68. The summed E-state index contributed by atoms with van der Waals surface area (Å²) in [4.78, 5) is 0. The summed E-state index contributed by atoms with van der Waals surface area (Å²) in [5, 5.41) is 19.9. The van der Waals surface area contributed by atoms with Crippen molar-refractivity contribution in [2.45, 2.75) is 31.5 Å². The molecule has 72 valence electrons. The number of aliphatic hydroxyl groups excluding tert-OH is 2. The minimum atomic E-state index is -0.0788. The van der Waals surface area contributed by atoms with Crippen molar-refractivity contribution in [3.63, 3.8) is 0 Å². The van der Waals surface area contributed by atoms with Crippen LogP contribution in [0.3, 0.4) is 0 Å². The lowest BCUT2D eigenvalue weighted by atomic mass is 9.79. The van der Waals surface area contributed by atoms with E-state index in [1.54, 1.807) is 0 Å². The van der Waals surface area contributed by atoms with E-state index in [0.29, 0.717) is 11.8 Å². The Morgan fingerprint density at radius 1 is 0.615 bits per heavy atom. The molecule has 4 rings (SSSR count). The molecule has 0 amide bonds. The zero-order valence-corrected chi connectivity index (χ0v) is 7.63. The van der Waals surface area contributed by atoms with Crippen molar-refractivity contribution in [2.24, 2.45) is 35.5 Å². The number of aliphatic hydroxyl groups is 2. The van der Waals surface area contributed by atoms with E-state index < -0.39 is 0 Å². The van der Waals surface area contributed by atoms with E-state index in [0.717, 1.165) is 36.5 Å². The van der Waals surface area contributed by atoms with E-state index in [9.17, 15) is 10.2 Å². The summed E-state index contributed by atoms with van der Waals surface area (Å²) in [7, 11) is 0. The molecular weight excluding hydrogens is 164 g/mol. The van der Waals surface area contributed by atoms with Crippen LogP contribution >= 0.6 is 0 Å². The lowest BCUT2D eigenvalue weighted by Crippen LogP contribution is -2.30. The zero-order chi connectivity index (χ0) is 8.74. The minimum absolute atomic E-state index is 0.0788. The quantitative estimate of drug-likeness (QED) is 0.574. The molecule has 0 aromatic carbocycles. The topological polar surface area (TPSA) is 40.5 Å². The van der Waals surface area contributed by atoms with Gasteiger partial charge in [0.15, 0.2) is 0 Å². The number of fused-ring (bicyclic) bond motifs is 2. The van der Waals surface area contributed by atoms with Crippen LogP contribution in [0.1, 0.15) is 19.3 Å². The van der Waals surface area contributed by atoms with Crippen LogP contribution in [0.15, 0.2) is 0 Å². The van der Waals surface area contributed by atoms with Gasteiger partial charge in [0.1, 0.15) is 0 Å². The minimum Gasteiger partial charge on any atom is -0.393 e. The van der Waals surface area contributed by atoms with Crippen LogP contribution in [0.2, 0.25) is 0 Å². The molecule has 2 heteroatoms. The van der Waals surface area contributed by atoms with Crippen LogP contribution in [-0.2, 0) is 0 Å². The molecule has 2 nitrogen and oxygen atoms in total. The molecule has 0 heterocycles. The standard InChI is InChI=1S/C11H16O2/c12-8-2-4-5-3-9(13)11-7(5)1-6(4)10(8)11/h4-13H,1-3H2/t4-,5-,6-,7+,8+,9-,10-,11+/m1/s1. The largest absolute Gasteiger partial charge is 0.393 e. The summed E-state index contributed by atoms with van der Waals surface area (Å²) >= 11 is 0. The molecule has 4 aliphatic carbocycles. The normalized spacial score (nSPS) is 72.5. The summed E-state index contributed by atoms with van der Waals surface area (Å²) in [6, 6.07) is 0. The van der Waals surface area contributed by atoms with Crippen molar-refractivity contribution < 1.29 is 10.2 Å². The molecule has 0 aromatic rings. The van der Waals surface area contributed by atoms with Crippen LogP contribution in [0.4, 0.5) is 0 Å². The van der Waals surface area contributed by atoms with Crippen molar-refractivity contribution in [3.8, 4) is 0 Å². The zero-order valence-electron chi connectivity index (χ0n) is 7.63. The second-order valence-corrected chi connectivity index (χ2v) is 5.65. The SMILES string of the molecule is O[C@@H]1C[C@@H]2[C@H]3C[C@H](O)[C@H]4[C@@H]3C[C@@H]2[C@H]41. The van der Waals surface area contributed by atoms with Crippen LogP contribution in [-0.4, -0.2) is 22.4 Å². The summed E-state index contributed by atoms with van der Waals surface area (Å²) in [6.45, 7) is 0. The Morgan fingerprint density at radius 2 is 1.08 bits per heavy atom. The second-order valence-electron chi connectivity index (χ2n) is 5.65. The molecule has 4 saturated carbocycles. The number of rotatable bonds is 0. The Morgan fingerprint density at radius 3 is 1.54 bits per heavy atom. The van der Waals surface area contributed by atoms with E-state index in [1.165, 1.54) is 6.42 Å². The van der Waals surface area contributed by atoms with Gasteiger partial charge in [-0.05, 0) is 54.8 Å². The maximum Gasteiger partial charge on any atom is 0.0577 e. The molecule has 0 spiro atoms. The van der Waals surface area contributed by atoms with Gasteiger partial charge in [0.2, 0.25) is 0 Å². The lowest BCUT2D eigenvalue weighted by molar-refractivity contribution is 0.0365. The highest BCUT2D eigenvalue weighted by atomic mass is 16.3. The van der Waals surface area contributed by atoms with E-state index in [2.05, 4.69) is 0 Å². The van der Waals surface area contributed by atoms with Gasteiger partial charge in [-0.15, -0.1) is 0 Å². The van der Waals surface area contributed by atoms with E-state index in [1.807, 2.05) is 0 Å². The summed E-state index contributed by atoms with van der Waals surface area (Å²) in [5.41, 5.74) is 0. The second kappa shape index (κ2) is 1.96. The first kappa shape index (κ1) is 7.24. The molecule has 0 radical (unpaired) electrons. The average Bonchev–Trinajstić information content (AvgIpc) is 2.67. The molecule has 8 atom stereocenters. The summed E-state index contributed by atoms with van der Waals surface area (Å²) in [6.07, 6.45) is 3.24. The van der Waals surface area contributed by atoms with Gasteiger partial charge in [-0.25, -0.2) is 0 Å². The number of hydrogen-bond donors (Lipinski definition) is 2. The fourth-order valence-electron chi connectivity index (χ4n) is 5.41. The van der Waals surface area contributed by atoms with Crippen molar-refractivity contribution in [3.05, 3.63) is 0 Å².